The van der Waals surface area contributed by atoms with Crippen LogP contribution < -0.4 is 11.0 Å². The molecule has 0 bridgehead atoms. The maximum absolute atomic E-state index is 12.4. The fourth-order valence-corrected chi connectivity index (χ4v) is 2.92. The Balaban J connectivity index is 2.38. The third-order valence-electron chi connectivity index (χ3n) is 4.18. The van der Waals surface area contributed by atoms with Gasteiger partial charge in [0.25, 0.3) is 0 Å². The first-order valence-corrected chi connectivity index (χ1v) is 6.49. The van der Waals surface area contributed by atoms with Gasteiger partial charge in [-0.15, -0.1) is 0 Å². The number of aryl methyl sites for hydroxylation is 3. The molecule has 0 aliphatic carbocycles. The van der Waals surface area contributed by atoms with Crippen molar-refractivity contribution in [1.29, 1.82) is 0 Å². The summed E-state index contributed by atoms with van der Waals surface area (Å²) in [6.45, 7) is 6.10. The molecule has 2 aromatic rings. The maximum atomic E-state index is 12.4. The van der Waals surface area contributed by atoms with E-state index in [1.54, 1.807) is 4.57 Å². The van der Waals surface area contributed by atoms with E-state index in [0.717, 1.165) is 30.5 Å². The smallest absolute Gasteiger partial charge is 0.315 e. The molecule has 1 aliphatic heterocycles. The highest BCUT2D eigenvalue weighted by Gasteiger charge is 2.23. The van der Waals surface area contributed by atoms with E-state index in [1.165, 1.54) is 11.1 Å². The van der Waals surface area contributed by atoms with Crippen LogP contribution in [-0.4, -0.2) is 22.2 Å². The Morgan fingerprint density at radius 3 is 2.78 bits per heavy atom. The zero-order valence-electron chi connectivity index (χ0n) is 11.2. The van der Waals surface area contributed by atoms with Crippen LogP contribution >= 0.6 is 0 Å². The molecule has 0 spiro atoms. The van der Waals surface area contributed by atoms with Crippen molar-refractivity contribution < 1.29 is 0 Å². The van der Waals surface area contributed by atoms with Gasteiger partial charge in [-0.25, -0.2) is 4.79 Å². The van der Waals surface area contributed by atoms with Crippen LogP contribution in [0.3, 0.4) is 0 Å². The Morgan fingerprint density at radius 2 is 2.11 bits per heavy atom. The Labute approximate surface area is 106 Å². The van der Waals surface area contributed by atoms with E-state index in [-0.39, 0.29) is 5.69 Å². The van der Waals surface area contributed by atoms with Crippen molar-refractivity contribution in [3.8, 4) is 0 Å². The van der Waals surface area contributed by atoms with Crippen LogP contribution in [0.25, 0.3) is 11.0 Å². The SMILES string of the molecule is Cc1ccc2c(c1C)n(C1CCNC1)c(=O)n2C. The standard InChI is InChI=1S/C14H19N3O/c1-9-4-5-12-13(10(9)2)17(14(18)16(12)3)11-6-7-15-8-11/h4-5,11,15H,6-8H2,1-3H3. The summed E-state index contributed by atoms with van der Waals surface area (Å²) in [5, 5.41) is 3.34. The van der Waals surface area contributed by atoms with Crippen molar-refractivity contribution in [3.05, 3.63) is 33.7 Å². The summed E-state index contributed by atoms with van der Waals surface area (Å²) < 4.78 is 3.75. The summed E-state index contributed by atoms with van der Waals surface area (Å²) in [4.78, 5) is 12.4. The van der Waals surface area contributed by atoms with Crippen LogP contribution in [-0.2, 0) is 7.05 Å². The van der Waals surface area contributed by atoms with Crippen LogP contribution in [0.5, 0.6) is 0 Å². The van der Waals surface area contributed by atoms with Gasteiger partial charge in [0, 0.05) is 13.6 Å². The van der Waals surface area contributed by atoms with Gasteiger partial charge < -0.3 is 5.32 Å². The van der Waals surface area contributed by atoms with Crippen molar-refractivity contribution >= 4 is 11.0 Å². The predicted octanol–water partition coefficient (Wildman–Crippen LogP) is 1.49. The zero-order valence-corrected chi connectivity index (χ0v) is 11.2. The van der Waals surface area contributed by atoms with Crippen molar-refractivity contribution in [1.82, 2.24) is 14.5 Å². The third kappa shape index (κ3) is 1.45. The Bertz CT molecular complexity index is 660. The number of imidazole rings is 1. The molecule has 1 aliphatic rings. The number of benzene rings is 1. The van der Waals surface area contributed by atoms with Crippen molar-refractivity contribution in [2.24, 2.45) is 7.05 Å². The summed E-state index contributed by atoms with van der Waals surface area (Å²) in [6, 6.07) is 4.44. The molecule has 1 saturated heterocycles. The van der Waals surface area contributed by atoms with Crippen molar-refractivity contribution in [2.75, 3.05) is 13.1 Å². The Kier molecular flexibility index (Phi) is 2.55. The molecule has 1 N–H and O–H groups in total. The molecule has 1 atom stereocenters. The van der Waals surface area contributed by atoms with Gasteiger partial charge in [0.1, 0.15) is 0 Å². The molecule has 1 aromatic carbocycles. The van der Waals surface area contributed by atoms with Gasteiger partial charge >= 0.3 is 5.69 Å². The largest absolute Gasteiger partial charge is 0.329 e. The van der Waals surface area contributed by atoms with Gasteiger partial charge in [0.05, 0.1) is 17.1 Å². The maximum Gasteiger partial charge on any atom is 0.329 e. The van der Waals surface area contributed by atoms with Gasteiger partial charge in [0.2, 0.25) is 0 Å². The Hall–Kier alpha value is -1.55. The first kappa shape index (κ1) is 11.5. The van der Waals surface area contributed by atoms with E-state index in [2.05, 4.69) is 31.3 Å². The van der Waals surface area contributed by atoms with Crippen LogP contribution in [0.1, 0.15) is 23.6 Å². The first-order valence-electron chi connectivity index (χ1n) is 6.49. The van der Waals surface area contributed by atoms with Crippen molar-refractivity contribution in [2.45, 2.75) is 26.3 Å². The highest BCUT2D eigenvalue weighted by atomic mass is 16.1. The van der Waals surface area contributed by atoms with E-state index in [1.807, 2.05) is 11.6 Å². The second kappa shape index (κ2) is 3.99. The lowest BCUT2D eigenvalue weighted by Crippen LogP contribution is -2.27. The lowest BCUT2D eigenvalue weighted by Gasteiger charge is -2.12. The molecular formula is C14H19N3O. The van der Waals surface area contributed by atoms with Crippen LogP contribution in [0.15, 0.2) is 16.9 Å². The highest BCUT2D eigenvalue weighted by molar-refractivity contribution is 5.81. The van der Waals surface area contributed by atoms with E-state index in [9.17, 15) is 4.79 Å². The molecule has 1 fully saturated rings. The van der Waals surface area contributed by atoms with Crippen LogP contribution in [0.2, 0.25) is 0 Å². The number of hydrogen-bond acceptors (Lipinski definition) is 2. The molecule has 4 nitrogen and oxygen atoms in total. The first-order chi connectivity index (χ1) is 8.61. The molecule has 18 heavy (non-hydrogen) atoms. The van der Waals surface area contributed by atoms with Gasteiger partial charge in [-0.3, -0.25) is 9.13 Å². The summed E-state index contributed by atoms with van der Waals surface area (Å²) >= 11 is 0. The number of nitrogens with zero attached hydrogens (tertiary/aromatic N) is 2. The van der Waals surface area contributed by atoms with E-state index in [4.69, 9.17) is 0 Å². The molecule has 0 saturated carbocycles. The molecular weight excluding hydrogens is 226 g/mol. The Morgan fingerprint density at radius 1 is 1.33 bits per heavy atom. The molecule has 0 radical (unpaired) electrons. The average Bonchev–Trinajstić information content (AvgIpc) is 2.94. The van der Waals surface area contributed by atoms with Crippen LogP contribution in [0, 0.1) is 13.8 Å². The average molecular weight is 245 g/mol. The van der Waals surface area contributed by atoms with Gasteiger partial charge in [0.15, 0.2) is 0 Å². The number of rotatable bonds is 1. The minimum absolute atomic E-state index is 0.104. The normalized spacial score (nSPS) is 19.8. The quantitative estimate of drug-likeness (QED) is 0.826. The summed E-state index contributed by atoms with van der Waals surface area (Å²) in [7, 11) is 1.86. The number of hydrogen-bond donors (Lipinski definition) is 1. The van der Waals surface area contributed by atoms with E-state index < -0.39 is 0 Å². The summed E-state index contributed by atoms with van der Waals surface area (Å²) in [5.74, 6) is 0. The second-order valence-corrected chi connectivity index (χ2v) is 5.23. The third-order valence-corrected chi connectivity index (χ3v) is 4.18. The molecule has 2 heterocycles. The summed E-state index contributed by atoms with van der Waals surface area (Å²) in [5.41, 5.74) is 4.71. The fraction of sp³-hybridized carbons (Fsp3) is 0.500. The van der Waals surface area contributed by atoms with Crippen LogP contribution in [0.4, 0.5) is 0 Å². The fourth-order valence-electron chi connectivity index (χ4n) is 2.92. The predicted molar refractivity (Wildman–Crippen MR) is 73.2 cm³/mol. The lowest BCUT2D eigenvalue weighted by molar-refractivity contribution is 0.535. The molecule has 3 rings (SSSR count). The zero-order chi connectivity index (χ0) is 12.9. The lowest BCUT2D eigenvalue weighted by atomic mass is 10.1. The van der Waals surface area contributed by atoms with E-state index >= 15 is 0 Å². The molecule has 1 unspecified atom stereocenters. The summed E-state index contributed by atoms with van der Waals surface area (Å²) in [6.07, 6.45) is 1.03. The number of aromatic nitrogens is 2. The monoisotopic (exact) mass is 245 g/mol. The van der Waals surface area contributed by atoms with E-state index in [0.29, 0.717) is 6.04 Å². The number of nitrogens with one attached hydrogen (secondary N) is 1. The molecule has 1 aromatic heterocycles. The second-order valence-electron chi connectivity index (χ2n) is 5.23. The topological polar surface area (TPSA) is 39.0 Å². The minimum atomic E-state index is 0.104. The van der Waals surface area contributed by atoms with Crippen molar-refractivity contribution in [3.63, 3.8) is 0 Å². The number of fused-ring (bicyclic) bond motifs is 1. The molecule has 0 amide bonds. The molecule has 4 heteroatoms. The van der Waals surface area contributed by atoms with Gasteiger partial charge in [-0.05, 0) is 44.0 Å². The highest BCUT2D eigenvalue weighted by Crippen LogP contribution is 2.25. The van der Waals surface area contributed by atoms with Gasteiger partial charge in [-0.1, -0.05) is 6.07 Å². The molecule has 96 valence electrons. The van der Waals surface area contributed by atoms with Gasteiger partial charge in [-0.2, -0.15) is 0 Å². The minimum Gasteiger partial charge on any atom is -0.315 e.